The smallest absolute Gasteiger partial charge is 0.335 e. The average molecular weight is 345 g/mol. The van der Waals surface area contributed by atoms with E-state index >= 15 is 0 Å². The second-order valence-electron chi connectivity index (χ2n) is 6.04. The molecule has 3 aromatic rings. The first-order chi connectivity index (χ1) is 12.5. The topological polar surface area (TPSA) is 87.4 Å². The number of aromatic hydroxyl groups is 1. The van der Waals surface area contributed by atoms with Crippen molar-refractivity contribution in [3.8, 4) is 11.6 Å². The largest absolute Gasteiger partial charge is 0.494 e. The molecule has 0 bridgehead atoms. The summed E-state index contributed by atoms with van der Waals surface area (Å²) in [7, 11) is 0. The van der Waals surface area contributed by atoms with Crippen LogP contribution in [0.25, 0.3) is 17.3 Å². The summed E-state index contributed by atoms with van der Waals surface area (Å²) in [6.45, 7) is 1.92. The van der Waals surface area contributed by atoms with Gasteiger partial charge in [0.25, 0.3) is 5.56 Å². The summed E-state index contributed by atoms with van der Waals surface area (Å²) in [6.07, 6.45) is 3.17. The summed E-state index contributed by atoms with van der Waals surface area (Å²) in [5.41, 5.74) is 2.49. The molecule has 2 aromatic carbocycles. The van der Waals surface area contributed by atoms with Gasteiger partial charge in [-0.3, -0.25) is 14.8 Å². The third-order valence-electron chi connectivity index (χ3n) is 4.27. The second-order valence-corrected chi connectivity index (χ2v) is 6.04. The lowest BCUT2D eigenvalue weighted by Gasteiger charge is -2.10. The molecule has 0 radical (unpaired) electrons. The summed E-state index contributed by atoms with van der Waals surface area (Å²) < 4.78 is 1.07. The van der Waals surface area contributed by atoms with Crippen LogP contribution in [-0.4, -0.2) is 20.9 Å². The lowest BCUT2D eigenvalue weighted by Crippen LogP contribution is -2.30. The van der Waals surface area contributed by atoms with Crippen molar-refractivity contribution >= 4 is 23.6 Å². The molecule has 0 unspecified atom stereocenters. The van der Waals surface area contributed by atoms with Gasteiger partial charge in [0.2, 0.25) is 5.88 Å². The van der Waals surface area contributed by atoms with Crippen molar-refractivity contribution in [2.75, 3.05) is 0 Å². The molecule has 6 nitrogen and oxygen atoms in total. The Kier molecular flexibility index (Phi) is 3.65. The summed E-state index contributed by atoms with van der Waals surface area (Å²) in [6, 6.07) is 14.6. The highest BCUT2D eigenvalue weighted by atomic mass is 16.3. The number of para-hydroxylation sites is 1. The van der Waals surface area contributed by atoms with Crippen LogP contribution in [0.1, 0.15) is 16.7 Å². The van der Waals surface area contributed by atoms with Gasteiger partial charge in [0, 0.05) is 17.4 Å². The Bertz CT molecular complexity index is 1180. The number of aromatic nitrogens is 2. The van der Waals surface area contributed by atoms with Crippen molar-refractivity contribution in [1.82, 2.24) is 9.55 Å². The molecule has 1 aliphatic heterocycles. The number of aryl methyl sites for hydroxylation is 1. The van der Waals surface area contributed by atoms with Gasteiger partial charge in [-0.25, -0.2) is 9.36 Å². The molecule has 0 spiro atoms. The molecule has 0 aliphatic carbocycles. The van der Waals surface area contributed by atoms with Crippen LogP contribution in [0.2, 0.25) is 0 Å². The molecule has 0 amide bonds. The quantitative estimate of drug-likeness (QED) is 0.749. The molecule has 0 saturated heterocycles. The minimum absolute atomic E-state index is 0.00308. The lowest BCUT2D eigenvalue weighted by molar-refractivity contribution is 0.429. The van der Waals surface area contributed by atoms with E-state index in [2.05, 4.69) is 9.98 Å². The van der Waals surface area contributed by atoms with Crippen molar-refractivity contribution < 1.29 is 5.11 Å². The van der Waals surface area contributed by atoms with Gasteiger partial charge in [-0.1, -0.05) is 35.9 Å². The molecule has 2 heterocycles. The number of nitrogens with zero attached hydrogens (tertiary/aromatic N) is 2. The Balaban J connectivity index is 1.91. The number of aromatic amines is 1. The number of aliphatic imine (C=N–C) groups is 1. The van der Waals surface area contributed by atoms with Gasteiger partial charge >= 0.3 is 5.69 Å². The predicted octanol–water partition coefficient (Wildman–Crippen LogP) is 2.80. The highest BCUT2D eigenvalue weighted by molar-refractivity contribution is 6.21. The molecule has 0 saturated carbocycles. The molecule has 4 rings (SSSR count). The lowest BCUT2D eigenvalue weighted by atomic mass is 10.1. The molecular weight excluding hydrogens is 330 g/mol. The number of allylic oxidation sites excluding steroid dienone is 1. The van der Waals surface area contributed by atoms with Gasteiger partial charge < -0.3 is 5.11 Å². The first-order valence-electron chi connectivity index (χ1n) is 8.05. The van der Waals surface area contributed by atoms with Gasteiger partial charge in [0.15, 0.2) is 0 Å². The van der Waals surface area contributed by atoms with E-state index in [-0.39, 0.29) is 5.56 Å². The second kappa shape index (κ2) is 6.00. The number of benzene rings is 2. The summed E-state index contributed by atoms with van der Waals surface area (Å²) in [5.74, 6) is -0.409. The molecule has 0 fully saturated rings. The Morgan fingerprint density at radius 2 is 1.81 bits per heavy atom. The third kappa shape index (κ3) is 2.57. The minimum atomic E-state index is -0.695. The third-order valence-corrected chi connectivity index (χ3v) is 4.27. The number of H-pyrrole nitrogens is 1. The molecule has 0 atom stereocenters. The Hall–Kier alpha value is -3.67. The average Bonchev–Trinajstić information content (AvgIpc) is 3.03. The Labute approximate surface area is 148 Å². The first kappa shape index (κ1) is 15.8. The van der Waals surface area contributed by atoms with E-state index in [1.54, 1.807) is 18.3 Å². The van der Waals surface area contributed by atoms with Gasteiger partial charge in [-0.05, 0) is 31.2 Å². The monoisotopic (exact) mass is 345 g/mol. The molecule has 1 aromatic heterocycles. The number of nitrogens with one attached hydrogen (secondary N) is 1. The molecule has 128 valence electrons. The molecule has 26 heavy (non-hydrogen) atoms. The van der Waals surface area contributed by atoms with Gasteiger partial charge in [0.05, 0.1) is 11.4 Å². The Morgan fingerprint density at radius 1 is 1.08 bits per heavy atom. The van der Waals surface area contributed by atoms with Crippen LogP contribution < -0.4 is 11.2 Å². The van der Waals surface area contributed by atoms with Crippen LogP contribution in [0.5, 0.6) is 5.88 Å². The zero-order valence-electron chi connectivity index (χ0n) is 13.9. The van der Waals surface area contributed by atoms with E-state index in [0.29, 0.717) is 11.3 Å². The maximum Gasteiger partial charge on any atom is 0.335 e. The number of fused-ring (bicyclic) bond motifs is 1. The fourth-order valence-electron chi connectivity index (χ4n) is 2.91. The first-order valence-corrected chi connectivity index (χ1v) is 8.05. The van der Waals surface area contributed by atoms with Crippen LogP contribution >= 0.6 is 0 Å². The minimum Gasteiger partial charge on any atom is -0.494 e. The zero-order chi connectivity index (χ0) is 18.3. The summed E-state index contributed by atoms with van der Waals surface area (Å²) in [4.78, 5) is 31.1. The predicted molar refractivity (Wildman–Crippen MR) is 102 cm³/mol. The summed E-state index contributed by atoms with van der Waals surface area (Å²) in [5, 5.41) is 10.6. The van der Waals surface area contributed by atoms with Crippen LogP contribution in [0, 0.1) is 6.92 Å². The van der Waals surface area contributed by atoms with E-state index in [0.717, 1.165) is 21.4 Å². The highest BCUT2D eigenvalue weighted by Crippen LogP contribution is 2.32. The molecule has 1 aliphatic rings. The van der Waals surface area contributed by atoms with E-state index in [1.165, 1.54) is 6.08 Å². The van der Waals surface area contributed by atoms with E-state index in [4.69, 9.17) is 0 Å². The van der Waals surface area contributed by atoms with E-state index < -0.39 is 17.1 Å². The van der Waals surface area contributed by atoms with Crippen molar-refractivity contribution in [3.63, 3.8) is 0 Å². The fraction of sp³-hybridized carbons (Fsp3) is 0.0500. The van der Waals surface area contributed by atoms with Gasteiger partial charge in [-0.15, -0.1) is 0 Å². The van der Waals surface area contributed by atoms with Crippen molar-refractivity contribution in [1.29, 1.82) is 0 Å². The van der Waals surface area contributed by atoms with Crippen molar-refractivity contribution in [2.24, 2.45) is 4.99 Å². The Morgan fingerprint density at radius 3 is 2.58 bits per heavy atom. The van der Waals surface area contributed by atoms with Crippen LogP contribution in [-0.2, 0) is 0 Å². The molecule has 6 heteroatoms. The fourth-order valence-corrected chi connectivity index (χ4v) is 2.91. The van der Waals surface area contributed by atoms with Crippen LogP contribution in [0.3, 0.4) is 0 Å². The number of hydrogen-bond acceptors (Lipinski definition) is 4. The molecule has 2 N–H and O–H groups in total. The van der Waals surface area contributed by atoms with Gasteiger partial charge in [-0.2, -0.15) is 0 Å². The number of hydrogen-bond donors (Lipinski definition) is 2. The van der Waals surface area contributed by atoms with Crippen LogP contribution in [0.15, 0.2) is 63.1 Å². The molecular formula is C20H15N3O3. The maximum absolute atomic E-state index is 12.3. The maximum atomic E-state index is 12.3. The standard InChI is InChI=1S/C20H15N3O3/c1-12-6-8-14(9-7-12)23-19(25)16(18(24)22-20(23)26)10-13-11-21-17-5-3-2-4-15(13)17/h2-11,25H,1H3,(H,22,24,26). The van der Waals surface area contributed by atoms with E-state index in [9.17, 15) is 14.7 Å². The van der Waals surface area contributed by atoms with Gasteiger partial charge in [0.1, 0.15) is 5.56 Å². The highest BCUT2D eigenvalue weighted by Gasteiger charge is 2.17. The van der Waals surface area contributed by atoms with E-state index in [1.807, 2.05) is 43.3 Å². The summed E-state index contributed by atoms with van der Waals surface area (Å²) >= 11 is 0. The number of rotatable bonds is 2. The van der Waals surface area contributed by atoms with Crippen molar-refractivity contribution in [2.45, 2.75) is 6.92 Å². The van der Waals surface area contributed by atoms with Crippen molar-refractivity contribution in [3.05, 3.63) is 86.1 Å². The normalized spacial score (nSPS) is 14.0. The van der Waals surface area contributed by atoms with Crippen LogP contribution in [0.4, 0.5) is 5.69 Å². The SMILES string of the molecule is Cc1ccc(-n2c(O)c(C=C3C=Nc4ccccc43)c(=O)[nH]c2=O)cc1. The zero-order valence-corrected chi connectivity index (χ0v) is 13.9.